The number of aromatic nitrogens is 1. The Morgan fingerprint density at radius 2 is 1.70 bits per heavy atom. The van der Waals surface area contributed by atoms with Crippen LogP contribution in [0.1, 0.15) is 48.5 Å². The van der Waals surface area contributed by atoms with Gasteiger partial charge in [0.25, 0.3) is 0 Å². The van der Waals surface area contributed by atoms with Gasteiger partial charge in [-0.05, 0) is 60.3 Å². The van der Waals surface area contributed by atoms with Crippen LogP contribution in [0.15, 0.2) is 24.4 Å². The largest absolute Gasteiger partial charge is 0.465 e. The lowest BCUT2D eigenvalue weighted by Gasteiger charge is -2.36. The number of carbonyl (C=O) groups excluding carboxylic acids is 2. The van der Waals surface area contributed by atoms with Gasteiger partial charge in [-0.2, -0.15) is 13.2 Å². The third kappa shape index (κ3) is 7.60. The quantitative estimate of drug-likeness (QED) is 0.167. The Morgan fingerprint density at radius 1 is 1.07 bits per heavy atom. The molecule has 0 unspecified atom stereocenters. The van der Waals surface area contributed by atoms with E-state index in [0.717, 1.165) is 44.3 Å². The Kier molecular flexibility index (Phi) is 11.1. The molecule has 1 aromatic carbocycles. The molecule has 40 heavy (non-hydrogen) atoms. The Labute approximate surface area is 243 Å². The van der Waals surface area contributed by atoms with Gasteiger partial charge in [0, 0.05) is 42.0 Å². The predicted molar refractivity (Wildman–Crippen MR) is 146 cm³/mol. The third-order valence-electron chi connectivity index (χ3n) is 6.73. The normalized spacial score (nSPS) is 17.6. The zero-order valence-corrected chi connectivity index (χ0v) is 24.7. The maximum atomic E-state index is 15.6. The number of nitrogens with zero attached hydrogens (tertiary/aromatic N) is 2. The minimum absolute atomic E-state index is 0.00466. The van der Waals surface area contributed by atoms with Crippen LogP contribution < -0.4 is 9.64 Å². The molecule has 13 heteroatoms. The van der Waals surface area contributed by atoms with Crippen LogP contribution in [0.5, 0.6) is 11.6 Å². The third-order valence-corrected chi connectivity index (χ3v) is 7.32. The highest BCUT2D eigenvalue weighted by Gasteiger charge is 2.38. The van der Waals surface area contributed by atoms with Gasteiger partial charge in [0.15, 0.2) is 11.6 Å². The molecule has 1 saturated carbocycles. The maximum Gasteiger partial charge on any atom is 0.421 e. The van der Waals surface area contributed by atoms with Crippen molar-refractivity contribution in [3.8, 4) is 11.6 Å². The zero-order valence-electron chi connectivity index (χ0n) is 22.5. The molecule has 0 N–H and O–H groups in total. The van der Waals surface area contributed by atoms with Crippen molar-refractivity contribution in [1.29, 1.82) is 0 Å². The Morgan fingerprint density at radius 3 is 2.25 bits per heavy atom. The van der Waals surface area contributed by atoms with Crippen molar-refractivity contribution in [2.24, 2.45) is 11.8 Å². The van der Waals surface area contributed by atoms with E-state index in [4.69, 9.17) is 18.9 Å². The average Bonchev–Trinajstić information content (AvgIpc) is 2.90. The SMILES string of the molecule is COCC(COC)N(c1cc(F)c(Oc2ncc(I)cc2C(F)(F)F)cc1C(=O)OC)C(=O)[C@H]1CC[C@H](C)CC1. The van der Waals surface area contributed by atoms with Crippen molar-refractivity contribution in [3.05, 3.63) is 44.9 Å². The molecule has 0 aliphatic heterocycles. The highest BCUT2D eigenvalue weighted by molar-refractivity contribution is 14.1. The summed E-state index contributed by atoms with van der Waals surface area (Å²) < 4.78 is 77.4. The van der Waals surface area contributed by atoms with Crippen molar-refractivity contribution in [3.63, 3.8) is 0 Å². The van der Waals surface area contributed by atoms with E-state index in [1.807, 2.05) is 0 Å². The van der Waals surface area contributed by atoms with Crippen LogP contribution in [-0.2, 0) is 25.2 Å². The molecular weight excluding hydrogens is 651 g/mol. The number of ether oxygens (including phenoxy) is 4. The summed E-state index contributed by atoms with van der Waals surface area (Å²) in [6.45, 7) is 2.11. The van der Waals surface area contributed by atoms with Crippen LogP contribution >= 0.6 is 22.6 Å². The lowest BCUT2D eigenvalue weighted by molar-refractivity contribution is -0.139. The summed E-state index contributed by atoms with van der Waals surface area (Å²) in [4.78, 5) is 31.8. The number of amides is 1. The smallest absolute Gasteiger partial charge is 0.421 e. The number of anilines is 1. The van der Waals surface area contributed by atoms with Gasteiger partial charge in [-0.3, -0.25) is 4.79 Å². The van der Waals surface area contributed by atoms with Gasteiger partial charge in [-0.25, -0.2) is 14.2 Å². The van der Waals surface area contributed by atoms with Crippen molar-refractivity contribution < 1.29 is 46.1 Å². The number of methoxy groups -OCH3 is 3. The van der Waals surface area contributed by atoms with Gasteiger partial charge in [-0.1, -0.05) is 6.92 Å². The van der Waals surface area contributed by atoms with E-state index in [2.05, 4.69) is 11.9 Å². The van der Waals surface area contributed by atoms with E-state index >= 15 is 4.39 Å². The first-order valence-corrected chi connectivity index (χ1v) is 13.6. The molecule has 0 saturated heterocycles. The van der Waals surface area contributed by atoms with Crippen LogP contribution in [0, 0.1) is 21.2 Å². The van der Waals surface area contributed by atoms with Gasteiger partial charge in [0.1, 0.15) is 5.56 Å². The first-order chi connectivity index (χ1) is 18.9. The molecule has 8 nitrogen and oxygen atoms in total. The van der Waals surface area contributed by atoms with Gasteiger partial charge in [0.2, 0.25) is 11.8 Å². The second kappa shape index (κ2) is 13.9. The van der Waals surface area contributed by atoms with E-state index < -0.39 is 41.2 Å². The summed E-state index contributed by atoms with van der Waals surface area (Å²) in [5.74, 6) is -3.92. The number of hydrogen-bond acceptors (Lipinski definition) is 7. The monoisotopic (exact) mass is 682 g/mol. The summed E-state index contributed by atoms with van der Waals surface area (Å²) in [6, 6.07) is 1.85. The van der Waals surface area contributed by atoms with E-state index in [1.165, 1.54) is 19.1 Å². The Hall–Kier alpha value is -2.52. The number of esters is 1. The first kappa shape index (κ1) is 32.0. The molecule has 1 aromatic heterocycles. The fourth-order valence-electron chi connectivity index (χ4n) is 4.69. The topological polar surface area (TPSA) is 87.2 Å². The minimum atomic E-state index is -4.83. The summed E-state index contributed by atoms with van der Waals surface area (Å²) in [5, 5.41) is 0. The molecule has 1 aliphatic rings. The number of carbonyl (C=O) groups is 2. The standard InChI is InChI=1S/C27H31F4IN2O6/c1-15-5-7-16(8-6-15)25(35)34(18(13-37-2)14-38-3)22-11-21(28)23(10-19(22)26(36)39-4)40-24-20(27(29,30)31)9-17(32)12-33-24/h9-12,15-16,18H,5-8,13-14H2,1-4H3/t15-,16-. The minimum Gasteiger partial charge on any atom is -0.465 e. The fraction of sp³-hybridized carbons (Fsp3) is 0.519. The Bertz CT molecular complexity index is 1200. The molecule has 1 amide bonds. The summed E-state index contributed by atoms with van der Waals surface area (Å²) in [7, 11) is 3.95. The predicted octanol–water partition coefficient (Wildman–Crippen LogP) is 6.24. The molecule has 0 atom stereocenters. The van der Waals surface area contributed by atoms with Gasteiger partial charge >= 0.3 is 12.1 Å². The van der Waals surface area contributed by atoms with E-state index in [-0.39, 0.29) is 39.9 Å². The van der Waals surface area contributed by atoms with E-state index in [0.29, 0.717) is 18.8 Å². The first-order valence-electron chi connectivity index (χ1n) is 12.5. The second-order valence-corrected chi connectivity index (χ2v) is 10.9. The molecule has 1 aliphatic carbocycles. The number of benzene rings is 1. The molecule has 0 radical (unpaired) electrons. The molecule has 3 rings (SSSR count). The highest BCUT2D eigenvalue weighted by atomic mass is 127. The second-order valence-electron chi connectivity index (χ2n) is 9.63. The highest BCUT2D eigenvalue weighted by Crippen LogP contribution is 2.40. The van der Waals surface area contributed by atoms with Crippen LogP contribution in [0.4, 0.5) is 23.2 Å². The maximum absolute atomic E-state index is 15.6. The molecule has 220 valence electrons. The van der Waals surface area contributed by atoms with E-state index in [1.54, 1.807) is 22.6 Å². The van der Waals surface area contributed by atoms with Crippen molar-refractivity contribution in [1.82, 2.24) is 4.98 Å². The van der Waals surface area contributed by atoms with Crippen LogP contribution in [0.25, 0.3) is 0 Å². The van der Waals surface area contributed by atoms with Crippen LogP contribution in [0.2, 0.25) is 0 Å². The van der Waals surface area contributed by atoms with Crippen LogP contribution in [0.3, 0.4) is 0 Å². The number of alkyl halides is 3. The summed E-state index contributed by atoms with van der Waals surface area (Å²) >= 11 is 1.66. The molecule has 1 heterocycles. The van der Waals surface area contributed by atoms with Gasteiger partial charge in [-0.15, -0.1) is 0 Å². The van der Waals surface area contributed by atoms with Crippen LogP contribution in [-0.4, -0.2) is 57.4 Å². The number of halogens is 5. The number of hydrogen-bond donors (Lipinski definition) is 0. The fourth-order valence-corrected chi connectivity index (χ4v) is 5.14. The van der Waals surface area contributed by atoms with Gasteiger partial charge < -0.3 is 23.8 Å². The number of pyridine rings is 1. The molecule has 0 spiro atoms. The summed E-state index contributed by atoms with van der Waals surface area (Å²) in [5.41, 5.74) is -1.63. The molecular formula is C27H31F4IN2O6. The molecule has 0 bridgehead atoms. The average molecular weight is 682 g/mol. The lowest BCUT2D eigenvalue weighted by atomic mass is 9.82. The summed E-state index contributed by atoms with van der Waals surface area (Å²) in [6.07, 6.45) is -0.820. The zero-order chi connectivity index (χ0) is 29.6. The van der Waals surface area contributed by atoms with Crippen molar-refractivity contribution >= 4 is 40.2 Å². The van der Waals surface area contributed by atoms with Crippen molar-refractivity contribution in [2.75, 3.05) is 39.4 Å². The Balaban J connectivity index is 2.15. The molecule has 2 aromatic rings. The van der Waals surface area contributed by atoms with Gasteiger partial charge in [0.05, 0.1) is 37.6 Å². The van der Waals surface area contributed by atoms with E-state index in [9.17, 15) is 22.8 Å². The number of rotatable bonds is 10. The molecule has 1 fully saturated rings. The lowest BCUT2D eigenvalue weighted by Crippen LogP contribution is -2.49. The van der Waals surface area contributed by atoms with Crippen molar-refractivity contribution in [2.45, 2.75) is 44.8 Å².